The number of carbonyl (C=O) groups excluding carboxylic acids is 1. The molecule has 0 heterocycles. The summed E-state index contributed by atoms with van der Waals surface area (Å²) < 4.78 is 0. The lowest BCUT2D eigenvalue weighted by Crippen LogP contribution is -2.12. The molecular weight excluding hydrogens is 142 g/mol. The number of hydroxylamine groups is 1. The standard InChI is InChI=1S/C8H13NO2/c1-2-3-4-5-6-7-11-9-8-10/h8H,4-7H2,1H3,(H,9,10). The Labute approximate surface area is 67.1 Å². The predicted octanol–water partition coefficient (Wildman–Crippen LogP) is 0.858. The van der Waals surface area contributed by atoms with Crippen LogP contribution in [0.4, 0.5) is 0 Å². The minimum absolute atomic E-state index is 0.520. The van der Waals surface area contributed by atoms with Crippen LogP contribution in [0.15, 0.2) is 0 Å². The smallest absolute Gasteiger partial charge is 0.230 e. The van der Waals surface area contributed by atoms with Crippen molar-refractivity contribution < 1.29 is 9.63 Å². The lowest BCUT2D eigenvalue weighted by Gasteiger charge is -1.97. The fourth-order valence-corrected chi connectivity index (χ4v) is 0.606. The first-order chi connectivity index (χ1) is 5.41. The van der Waals surface area contributed by atoms with Gasteiger partial charge in [-0.3, -0.25) is 9.63 Å². The SMILES string of the molecule is CC#CCCCCONC=O. The van der Waals surface area contributed by atoms with Crippen LogP contribution in [0.3, 0.4) is 0 Å². The topological polar surface area (TPSA) is 38.3 Å². The van der Waals surface area contributed by atoms with E-state index in [0.717, 1.165) is 19.3 Å². The summed E-state index contributed by atoms with van der Waals surface area (Å²) in [7, 11) is 0. The van der Waals surface area contributed by atoms with Gasteiger partial charge in [-0.1, -0.05) is 0 Å². The van der Waals surface area contributed by atoms with Gasteiger partial charge in [-0.2, -0.15) is 0 Å². The maximum Gasteiger partial charge on any atom is 0.230 e. The molecular formula is C8H13NO2. The van der Waals surface area contributed by atoms with Crippen LogP contribution in [-0.2, 0) is 9.63 Å². The third kappa shape index (κ3) is 8.99. The molecule has 11 heavy (non-hydrogen) atoms. The fourth-order valence-electron chi connectivity index (χ4n) is 0.606. The van der Waals surface area contributed by atoms with E-state index in [1.807, 2.05) is 6.92 Å². The van der Waals surface area contributed by atoms with Gasteiger partial charge >= 0.3 is 0 Å². The van der Waals surface area contributed by atoms with Crippen LogP contribution in [-0.4, -0.2) is 13.0 Å². The fraction of sp³-hybridized carbons (Fsp3) is 0.625. The zero-order chi connectivity index (χ0) is 8.36. The predicted molar refractivity (Wildman–Crippen MR) is 42.5 cm³/mol. The van der Waals surface area contributed by atoms with E-state index in [9.17, 15) is 4.79 Å². The Morgan fingerprint density at radius 1 is 1.55 bits per heavy atom. The van der Waals surface area contributed by atoms with Gasteiger partial charge in [0.2, 0.25) is 6.41 Å². The van der Waals surface area contributed by atoms with Crippen LogP contribution in [0, 0.1) is 11.8 Å². The molecule has 0 radical (unpaired) electrons. The molecule has 1 amide bonds. The van der Waals surface area contributed by atoms with E-state index in [1.54, 1.807) is 0 Å². The molecule has 0 saturated carbocycles. The van der Waals surface area contributed by atoms with Crippen molar-refractivity contribution in [3.63, 3.8) is 0 Å². The van der Waals surface area contributed by atoms with Gasteiger partial charge in [-0.15, -0.1) is 11.8 Å². The number of carbonyl (C=O) groups is 1. The molecule has 0 aliphatic rings. The molecule has 0 rings (SSSR count). The second-order valence-electron chi connectivity index (χ2n) is 1.97. The van der Waals surface area contributed by atoms with Crippen molar-refractivity contribution in [3.8, 4) is 11.8 Å². The third-order valence-corrected chi connectivity index (χ3v) is 1.11. The molecule has 0 aliphatic heterocycles. The van der Waals surface area contributed by atoms with Crippen molar-refractivity contribution in [1.82, 2.24) is 5.48 Å². The average molecular weight is 155 g/mol. The van der Waals surface area contributed by atoms with Gasteiger partial charge in [0.05, 0.1) is 6.61 Å². The van der Waals surface area contributed by atoms with E-state index in [4.69, 9.17) is 4.84 Å². The van der Waals surface area contributed by atoms with E-state index in [1.165, 1.54) is 0 Å². The van der Waals surface area contributed by atoms with Crippen molar-refractivity contribution in [2.75, 3.05) is 6.61 Å². The molecule has 62 valence electrons. The van der Waals surface area contributed by atoms with Crippen LogP contribution in [0.1, 0.15) is 26.2 Å². The van der Waals surface area contributed by atoms with Gasteiger partial charge in [-0.25, -0.2) is 5.48 Å². The minimum Gasteiger partial charge on any atom is -0.277 e. The van der Waals surface area contributed by atoms with Crippen LogP contribution >= 0.6 is 0 Å². The van der Waals surface area contributed by atoms with Crippen LogP contribution in [0.25, 0.3) is 0 Å². The number of rotatable bonds is 6. The molecule has 0 atom stereocenters. The molecule has 3 heteroatoms. The van der Waals surface area contributed by atoms with E-state index < -0.39 is 0 Å². The van der Waals surface area contributed by atoms with Gasteiger partial charge in [0.25, 0.3) is 0 Å². The van der Waals surface area contributed by atoms with Crippen molar-refractivity contribution >= 4 is 6.41 Å². The molecule has 0 spiro atoms. The number of hydrogen-bond acceptors (Lipinski definition) is 2. The lowest BCUT2D eigenvalue weighted by atomic mass is 10.2. The Hall–Kier alpha value is -1.01. The molecule has 0 aromatic carbocycles. The Bertz CT molecular complexity index is 146. The summed E-state index contributed by atoms with van der Waals surface area (Å²) in [4.78, 5) is 14.4. The van der Waals surface area contributed by atoms with E-state index in [2.05, 4.69) is 17.3 Å². The maximum atomic E-state index is 9.68. The number of unbranched alkanes of at least 4 members (excludes halogenated alkanes) is 2. The van der Waals surface area contributed by atoms with Gasteiger partial charge < -0.3 is 0 Å². The summed E-state index contributed by atoms with van der Waals surface area (Å²) in [5, 5.41) is 0. The molecule has 0 saturated heterocycles. The molecule has 3 nitrogen and oxygen atoms in total. The van der Waals surface area contributed by atoms with Crippen LogP contribution < -0.4 is 5.48 Å². The average Bonchev–Trinajstić information content (AvgIpc) is 2.03. The van der Waals surface area contributed by atoms with Crippen molar-refractivity contribution in [1.29, 1.82) is 0 Å². The largest absolute Gasteiger partial charge is 0.277 e. The second-order valence-corrected chi connectivity index (χ2v) is 1.97. The number of nitrogens with one attached hydrogen (secondary N) is 1. The zero-order valence-electron chi connectivity index (χ0n) is 6.72. The molecule has 0 aromatic heterocycles. The van der Waals surface area contributed by atoms with E-state index >= 15 is 0 Å². The highest BCUT2D eigenvalue weighted by atomic mass is 16.6. The summed E-state index contributed by atoms with van der Waals surface area (Å²) in [6.07, 6.45) is 3.36. The van der Waals surface area contributed by atoms with E-state index in [0.29, 0.717) is 13.0 Å². The Balaban J connectivity index is 2.88. The van der Waals surface area contributed by atoms with Crippen molar-refractivity contribution in [3.05, 3.63) is 0 Å². The minimum atomic E-state index is 0.520. The summed E-state index contributed by atoms with van der Waals surface area (Å²) in [6.45, 7) is 2.38. The number of hydrogen-bond donors (Lipinski definition) is 1. The normalized spacial score (nSPS) is 8.09. The Morgan fingerprint density at radius 2 is 2.36 bits per heavy atom. The monoisotopic (exact) mass is 155 g/mol. The first-order valence-corrected chi connectivity index (χ1v) is 3.62. The molecule has 0 bridgehead atoms. The summed E-state index contributed by atoms with van der Waals surface area (Å²) >= 11 is 0. The molecule has 0 aliphatic carbocycles. The highest BCUT2D eigenvalue weighted by Crippen LogP contribution is 1.92. The molecule has 1 N–H and O–H groups in total. The molecule has 0 aromatic rings. The van der Waals surface area contributed by atoms with Crippen LogP contribution in [0.2, 0.25) is 0 Å². The van der Waals surface area contributed by atoms with Gasteiger partial charge in [0.15, 0.2) is 0 Å². The summed E-state index contributed by atoms with van der Waals surface area (Å²) in [5.74, 6) is 5.75. The second kappa shape index (κ2) is 8.99. The van der Waals surface area contributed by atoms with Gasteiger partial charge in [-0.05, 0) is 19.8 Å². The Kier molecular flexibility index (Phi) is 8.16. The van der Waals surface area contributed by atoms with E-state index in [-0.39, 0.29) is 0 Å². The van der Waals surface area contributed by atoms with Crippen LogP contribution in [0.5, 0.6) is 0 Å². The van der Waals surface area contributed by atoms with Crippen molar-refractivity contribution in [2.45, 2.75) is 26.2 Å². The van der Waals surface area contributed by atoms with Crippen molar-refractivity contribution in [2.24, 2.45) is 0 Å². The first kappa shape index (κ1) is 9.99. The van der Waals surface area contributed by atoms with Gasteiger partial charge in [0, 0.05) is 6.42 Å². The number of amides is 1. The summed E-state index contributed by atoms with van der Waals surface area (Å²) in [6, 6.07) is 0. The highest BCUT2D eigenvalue weighted by molar-refractivity contribution is 5.43. The summed E-state index contributed by atoms with van der Waals surface area (Å²) in [5.41, 5.74) is 2.12. The first-order valence-electron chi connectivity index (χ1n) is 3.62. The lowest BCUT2D eigenvalue weighted by molar-refractivity contribution is -0.120. The Morgan fingerprint density at radius 3 is 3.00 bits per heavy atom. The highest BCUT2D eigenvalue weighted by Gasteiger charge is 1.85. The zero-order valence-corrected chi connectivity index (χ0v) is 6.72. The maximum absolute atomic E-state index is 9.68. The molecule has 0 fully saturated rings. The molecule has 0 unspecified atom stereocenters. The quantitative estimate of drug-likeness (QED) is 0.267. The third-order valence-electron chi connectivity index (χ3n) is 1.11. The van der Waals surface area contributed by atoms with Gasteiger partial charge in [0.1, 0.15) is 0 Å².